The summed E-state index contributed by atoms with van der Waals surface area (Å²) in [6, 6.07) is 10.5. The predicted octanol–water partition coefficient (Wildman–Crippen LogP) is -0.509. The molecule has 90 valence electrons. The third kappa shape index (κ3) is 2.98. The molecule has 1 aromatic heterocycles. The standard InChI is InChI=1S/C14H17N2.ClH/c1-3-15-10-11-16(4-2)14(15)12-13-8-6-5-7-9-13;/h3,5-11H,1,4,12H2,2H3;1H/q+1;/p-1. The smallest absolute Gasteiger partial charge is 0.265 e. The molecular weight excluding hydrogens is 232 g/mol. The van der Waals surface area contributed by atoms with E-state index in [2.05, 4.69) is 59.3 Å². The van der Waals surface area contributed by atoms with Crippen molar-refractivity contribution >= 4 is 6.20 Å². The molecule has 1 aromatic carbocycles. The minimum absolute atomic E-state index is 0. The van der Waals surface area contributed by atoms with Crippen LogP contribution in [0.3, 0.4) is 0 Å². The second-order valence-corrected chi connectivity index (χ2v) is 3.75. The Morgan fingerprint density at radius 3 is 2.59 bits per heavy atom. The maximum atomic E-state index is 3.83. The molecule has 0 N–H and O–H groups in total. The van der Waals surface area contributed by atoms with Crippen molar-refractivity contribution < 1.29 is 17.0 Å². The topological polar surface area (TPSA) is 8.81 Å². The molecule has 2 aromatic rings. The summed E-state index contributed by atoms with van der Waals surface area (Å²) >= 11 is 0. The second-order valence-electron chi connectivity index (χ2n) is 3.75. The molecule has 0 spiro atoms. The zero-order chi connectivity index (χ0) is 11.4. The summed E-state index contributed by atoms with van der Waals surface area (Å²) in [5.74, 6) is 1.27. The number of rotatable bonds is 4. The van der Waals surface area contributed by atoms with Gasteiger partial charge < -0.3 is 12.4 Å². The Balaban J connectivity index is 0.00000144. The molecule has 0 atom stereocenters. The fourth-order valence-electron chi connectivity index (χ4n) is 1.90. The summed E-state index contributed by atoms with van der Waals surface area (Å²) < 4.78 is 4.32. The molecular formula is C14H17ClN2. The minimum Gasteiger partial charge on any atom is -1.00 e. The summed E-state index contributed by atoms with van der Waals surface area (Å²) in [5, 5.41) is 0. The first-order valence-electron chi connectivity index (χ1n) is 5.60. The van der Waals surface area contributed by atoms with Crippen molar-refractivity contribution in [2.24, 2.45) is 0 Å². The highest BCUT2D eigenvalue weighted by molar-refractivity contribution is 5.23. The van der Waals surface area contributed by atoms with Crippen molar-refractivity contribution in [1.29, 1.82) is 0 Å². The van der Waals surface area contributed by atoms with E-state index in [1.54, 1.807) is 0 Å². The Hall–Kier alpha value is -1.54. The van der Waals surface area contributed by atoms with Crippen LogP contribution in [-0.4, -0.2) is 4.57 Å². The van der Waals surface area contributed by atoms with Crippen LogP contribution in [0.5, 0.6) is 0 Å². The fourth-order valence-corrected chi connectivity index (χ4v) is 1.90. The van der Waals surface area contributed by atoms with Crippen molar-refractivity contribution in [2.45, 2.75) is 19.9 Å². The van der Waals surface area contributed by atoms with Gasteiger partial charge in [-0.3, -0.25) is 0 Å². The number of nitrogens with zero attached hydrogens (tertiary/aromatic N) is 2. The van der Waals surface area contributed by atoms with Crippen molar-refractivity contribution in [3.05, 3.63) is 60.7 Å². The summed E-state index contributed by atoms with van der Waals surface area (Å²) in [5.41, 5.74) is 1.33. The maximum Gasteiger partial charge on any atom is 0.265 e. The highest BCUT2D eigenvalue weighted by atomic mass is 35.5. The van der Waals surface area contributed by atoms with Crippen molar-refractivity contribution in [1.82, 2.24) is 4.57 Å². The average molecular weight is 249 g/mol. The lowest BCUT2D eigenvalue weighted by Crippen LogP contribution is -3.00. The van der Waals surface area contributed by atoms with Gasteiger partial charge in [-0.25, -0.2) is 9.13 Å². The van der Waals surface area contributed by atoms with Crippen LogP contribution in [-0.2, 0) is 13.0 Å². The third-order valence-corrected chi connectivity index (χ3v) is 2.78. The van der Waals surface area contributed by atoms with E-state index < -0.39 is 0 Å². The number of halogens is 1. The van der Waals surface area contributed by atoms with E-state index in [0.29, 0.717) is 0 Å². The van der Waals surface area contributed by atoms with Crippen LogP contribution in [0, 0.1) is 0 Å². The van der Waals surface area contributed by atoms with Crippen LogP contribution >= 0.6 is 0 Å². The first-order valence-corrected chi connectivity index (χ1v) is 5.60. The molecule has 0 bridgehead atoms. The van der Waals surface area contributed by atoms with Gasteiger partial charge >= 0.3 is 0 Å². The van der Waals surface area contributed by atoms with Gasteiger partial charge in [0.2, 0.25) is 0 Å². The summed E-state index contributed by atoms with van der Waals surface area (Å²) in [4.78, 5) is 0. The molecule has 2 nitrogen and oxygen atoms in total. The van der Waals surface area contributed by atoms with Gasteiger partial charge in [0.05, 0.1) is 19.2 Å². The van der Waals surface area contributed by atoms with Crippen LogP contribution < -0.4 is 17.0 Å². The summed E-state index contributed by atoms with van der Waals surface area (Å²) in [7, 11) is 0. The van der Waals surface area contributed by atoms with E-state index in [0.717, 1.165) is 13.0 Å². The second kappa shape index (κ2) is 6.26. The molecule has 0 amide bonds. The molecule has 3 heteroatoms. The molecule has 0 saturated heterocycles. The lowest BCUT2D eigenvalue weighted by atomic mass is 10.1. The Morgan fingerprint density at radius 2 is 2.00 bits per heavy atom. The number of aromatic nitrogens is 2. The van der Waals surface area contributed by atoms with Gasteiger partial charge in [-0.05, 0) is 12.5 Å². The predicted molar refractivity (Wildman–Crippen MR) is 65.9 cm³/mol. The number of hydrogen-bond acceptors (Lipinski definition) is 0. The third-order valence-electron chi connectivity index (χ3n) is 2.78. The highest BCUT2D eigenvalue weighted by Gasteiger charge is 2.14. The normalized spacial score (nSPS) is 9.71. The van der Waals surface area contributed by atoms with Crippen LogP contribution in [0.25, 0.3) is 6.20 Å². The first-order chi connectivity index (χ1) is 7.85. The Kier molecular flexibility index (Phi) is 4.98. The monoisotopic (exact) mass is 248 g/mol. The van der Waals surface area contributed by atoms with Crippen LogP contribution in [0.15, 0.2) is 49.3 Å². The molecule has 0 fully saturated rings. The van der Waals surface area contributed by atoms with E-state index in [9.17, 15) is 0 Å². The van der Waals surface area contributed by atoms with E-state index in [-0.39, 0.29) is 12.4 Å². The van der Waals surface area contributed by atoms with Crippen molar-refractivity contribution in [3.63, 3.8) is 0 Å². The van der Waals surface area contributed by atoms with Crippen molar-refractivity contribution in [2.75, 3.05) is 0 Å². The van der Waals surface area contributed by atoms with Gasteiger partial charge in [0, 0.05) is 0 Å². The largest absolute Gasteiger partial charge is 1.00 e. The van der Waals surface area contributed by atoms with Gasteiger partial charge in [-0.2, -0.15) is 0 Å². The zero-order valence-corrected chi connectivity index (χ0v) is 10.8. The van der Waals surface area contributed by atoms with E-state index in [4.69, 9.17) is 0 Å². The van der Waals surface area contributed by atoms with Gasteiger partial charge in [0.15, 0.2) is 0 Å². The molecule has 1 heterocycles. The Morgan fingerprint density at radius 1 is 1.29 bits per heavy atom. The SMILES string of the molecule is C=Cn1cc[n+](CC)c1Cc1ccccc1.[Cl-]. The minimum atomic E-state index is 0. The number of benzene rings is 1. The van der Waals surface area contributed by atoms with Gasteiger partial charge in [0.25, 0.3) is 5.82 Å². The zero-order valence-electron chi connectivity index (χ0n) is 10.0. The molecule has 2 rings (SSSR count). The Bertz CT molecular complexity index is 474. The number of aryl methyl sites for hydroxylation is 1. The summed E-state index contributed by atoms with van der Waals surface area (Å²) in [6.07, 6.45) is 6.94. The van der Waals surface area contributed by atoms with Crippen LogP contribution in [0.1, 0.15) is 18.3 Å². The maximum absolute atomic E-state index is 3.83. The first kappa shape index (κ1) is 13.5. The van der Waals surface area contributed by atoms with Gasteiger partial charge in [-0.15, -0.1) is 0 Å². The molecule has 0 radical (unpaired) electrons. The fraction of sp³-hybridized carbons (Fsp3) is 0.214. The lowest BCUT2D eigenvalue weighted by molar-refractivity contribution is -0.699. The number of hydrogen-bond donors (Lipinski definition) is 0. The quantitative estimate of drug-likeness (QED) is 0.645. The van der Waals surface area contributed by atoms with Crippen molar-refractivity contribution in [3.8, 4) is 0 Å². The lowest BCUT2D eigenvalue weighted by Gasteiger charge is -2.01. The van der Waals surface area contributed by atoms with Crippen LogP contribution in [0.2, 0.25) is 0 Å². The van der Waals surface area contributed by atoms with Crippen LogP contribution in [0.4, 0.5) is 0 Å². The van der Waals surface area contributed by atoms with E-state index in [1.165, 1.54) is 11.4 Å². The van der Waals surface area contributed by atoms with E-state index in [1.807, 2.05) is 12.3 Å². The highest BCUT2D eigenvalue weighted by Crippen LogP contribution is 2.06. The van der Waals surface area contributed by atoms with Gasteiger partial charge in [-0.1, -0.05) is 36.9 Å². The molecule has 0 aliphatic heterocycles. The molecule has 0 aliphatic rings. The molecule has 0 aliphatic carbocycles. The number of imidazole rings is 1. The molecule has 17 heavy (non-hydrogen) atoms. The summed E-state index contributed by atoms with van der Waals surface area (Å²) in [6.45, 7) is 6.97. The van der Waals surface area contributed by atoms with Gasteiger partial charge in [0.1, 0.15) is 12.4 Å². The Labute approximate surface area is 109 Å². The average Bonchev–Trinajstić information content (AvgIpc) is 2.72. The van der Waals surface area contributed by atoms with E-state index >= 15 is 0 Å². The molecule has 0 unspecified atom stereocenters. The molecule has 0 saturated carbocycles.